The summed E-state index contributed by atoms with van der Waals surface area (Å²) in [6.07, 6.45) is 4.31. The molecule has 2 N–H and O–H groups in total. The number of benzene rings is 1. The Hall–Kier alpha value is -2.87. The highest BCUT2D eigenvalue weighted by Crippen LogP contribution is 2.23. The van der Waals surface area contributed by atoms with Crippen molar-refractivity contribution in [3.8, 4) is 5.75 Å². The van der Waals surface area contributed by atoms with Crippen LogP contribution < -0.4 is 21.1 Å². The van der Waals surface area contributed by atoms with Gasteiger partial charge in [0.2, 0.25) is 0 Å². The Labute approximate surface area is 152 Å². The number of hydrogen-bond acceptors (Lipinski definition) is 4. The second kappa shape index (κ2) is 8.84. The Kier molecular flexibility index (Phi) is 6.53. The van der Waals surface area contributed by atoms with Crippen LogP contribution in [0.1, 0.15) is 5.56 Å². The summed E-state index contributed by atoms with van der Waals surface area (Å²) in [6, 6.07) is 9.95. The molecule has 0 aliphatic heterocycles. The standard InChI is InChI=1S/C17H16BrN3O4/c1-25-14-7-6-13(18)10-12(14)5-8-15(22)19-20-16(23)11-21-9-3-2-4-17(21)24/h2-10H,11H2,1H3,(H,19,22)(H,20,23)/b8-5+. The summed E-state index contributed by atoms with van der Waals surface area (Å²) < 4.78 is 7.27. The fourth-order valence-electron chi connectivity index (χ4n) is 1.96. The molecule has 130 valence electrons. The van der Waals surface area contributed by atoms with Crippen LogP contribution in [-0.4, -0.2) is 23.5 Å². The number of nitrogens with zero attached hydrogens (tertiary/aromatic N) is 1. The van der Waals surface area contributed by atoms with E-state index in [0.717, 1.165) is 4.47 Å². The quantitative estimate of drug-likeness (QED) is 0.582. The third-order valence-electron chi connectivity index (χ3n) is 3.14. The fourth-order valence-corrected chi connectivity index (χ4v) is 2.34. The zero-order valence-corrected chi connectivity index (χ0v) is 14.9. The number of halogens is 1. The number of aromatic nitrogens is 1. The van der Waals surface area contributed by atoms with Crippen LogP contribution in [0.5, 0.6) is 5.75 Å². The Morgan fingerprint density at radius 2 is 2.04 bits per heavy atom. The number of methoxy groups -OCH3 is 1. The van der Waals surface area contributed by atoms with Crippen molar-refractivity contribution < 1.29 is 14.3 Å². The molecule has 2 aromatic rings. The summed E-state index contributed by atoms with van der Waals surface area (Å²) in [5, 5.41) is 0. The zero-order chi connectivity index (χ0) is 18.2. The predicted molar refractivity (Wildman–Crippen MR) is 96.7 cm³/mol. The summed E-state index contributed by atoms with van der Waals surface area (Å²) in [6.45, 7) is -0.191. The molecule has 0 fully saturated rings. The lowest BCUT2D eigenvalue weighted by atomic mass is 10.2. The van der Waals surface area contributed by atoms with Crippen molar-refractivity contribution >= 4 is 33.8 Å². The van der Waals surface area contributed by atoms with E-state index >= 15 is 0 Å². The highest BCUT2D eigenvalue weighted by Gasteiger charge is 2.05. The van der Waals surface area contributed by atoms with Crippen LogP contribution in [0.4, 0.5) is 0 Å². The van der Waals surface area contributed by atoms with Gasteiger partial charge in [-0.2, -0.15) is 0 Å². The van der Waals surface area contributed by atoms with E-state index < -0.39 is 11.8 Å². The number of rotatable bonds is 5. The molecule has 2 rings (SSSR count). The minimum absolute atomic E-state index is 0.191. The monoisotopic (exact) mass is 405 g/mol. The maximum Gasteiger partial charge on any atom is 0.262 e. The summed E-state index contributed by atoms with van der Waals surface area (Å²) in [4.78, 5) is 35.1. The van der Waals surface area contributed by atoms with Crippen molar-refractivity contribution in [2.45, 2.75) is 6.54 Å². The highest BCUT2D eigenvalue weighted by atomic mass is 79.9. The average Bonchev–Trinajstić information content (AvgIpc) is 2.60. The topological polar surface area (TPSA) is 89.4 Å². The first-order chi connectivity index (χ1) is 12.0. The van der Waals surface area contributed by atoms with E-state index in [1.54, 1.807) is 30.3 Å². The van der Waals surface area contributed by atoms with Gasteiger partial charge in [-0.3, -0.25) is 25.2 Å². The molecule has 0 saturated carbocycles. The first kappa shape index (κ1) is 18.5. The Bertz CT molecular complexity index is 861. The molecule has 1 aromatic carbocycles. The van der Waals surface area contributed by atoms with Crippen molar-refractivity contribution in [2.24, 2.45) is 0 Å². The maximum atomic E-state index is 11.8. The van der Waals surface area contributed by atoms with Gasteiger partial charge >= 0.3 is 0 Å². The number of nitrogens with one attached hydrogen (secondary N) is 2. The first-order valence-corrected chi connectivity index (χ1v) is 8.05. The minimum atomic E-state index is -0.518. The van der Waals surface area contributed by atoms with Crippen LogP contribution in [0, 0.1) is 0 Å². The summed E-state index contributed by atoms with van der Waals surface area (Å²) in [5.74, 6) is -0.425. The van der Waals surface area contributed by atoms with E-state index in [1.807, 2.05) is 6.07 Å². The van der Waals surface area contributed by atoms with Crippen molar-refractivity contribution in [2.75, 3.05) is 7.11 Å². The van der Waals surface area contributed by atoms with Gasteiger partial charge in [0.15, 0.2) is 0 Å². The van der Waals surface area contributed by atoms with Crippen LogP contribution >= 0.6 is 15.9 Å². The second-order valence-electron chi connectivity index (χ2n) is 4.92. The summed E-state index contributed by atoms with van der Waals surface area (Å²) in [7, 11) is 1.53. The average molecular weight is 406 g/mol. The van der Waals surface area contributed by atoms with Crippen molar-refractivity contribution in [3.63, 3.8) is 0 Å². The van der Waals surface area contributed by atoms with E-state index in [1.165, 1.54) is 30.0 Å². The lowest BCUT2D eigenvalue weighted by Gasteiger charge is -2.07. The highest BCUT2D eigenvalue weighted by molar-refractivity contribution is 9.10. The fraction of sp³-hybridized carbons (Fsp3) is 0.118. The van der Waals surface area contributed by atoms with Gasteiger partial charge in [-0.1, -0.05) is 22.0 Å². The molecular weight excluding hydrogens is 390 g/mol. The number of carbonyl (C=O) groups is 2. The second-order valence-corrected chi connectivity index (χ2v) is 5.84. The van der Waals surface area contributed by atoms with Crippen molar-refractivity contribution in [1.29, 1.82) is 0 Å². The first-order valence-electron chi connectivity index (χ1n) is 7.25. The Morgan fingerprint density at radius 3 is 2.76 bits per heavy atom. The molecular formula is C17H16BrN3O4. The normalized spacial score (nSPS) is 10.5. The van der Waals surface area contributed by atoms with Gasteiger partial charge in [0.1, 0.15) is 12.3 Å². The van der Waals surface area contributed by atoms with Crippen LogP contribution in [0.2, 0.25) is 0 Å². The molecule has 25 heavy (non-hydrogen) atoms. The molecule has 0 saturated heterocycles. The third kappa shape index (κ3) is 5.61. The van der Waals surface area contributed by atoms with Crippen LogP contribution in [0.25, 0.3) is 6.08 Å². The molecule has 0 unspecified atom stereocenters. The summed E-state index contributed by atoms with van der Waals surface area (Å²) >= 11 is 3.34. The van der Waals surface area contributed by atoms with E-state index in [4.69, 9.17) is 4.74 Å². The van der Waals surface area contributed by atoms with Crippen LogP contribution in [0.15, 0.2) is 57.9 Å². The van der Waals surface area contributed by atoms with Gasteiger partial charge in [0.05, 0.1) is 7.11 Å². The van der Waals surface area contributed by atoms with Gasteiger partial charge in [0, 0.05) is 28.4 Å². The number of amides is 2. The lowest BCUT2D eigenvalue weighted by molar-refractivity contribution is -0.127. The van der Waals surface area contributed by atoms with Gasteiger partial charge in [-0.05, 0) is 30.3 Å². The van der Waals surface area contributed by atoms with E-state index in [-0.39, 0.29) is 12.1 Å². The van der Waals surface area contributed by atoms with Crippen molar-refractivity contribution in [1.82, 2.24) is 15.4 Å². The molecule has 0 radical (unpaired) electrons. The smallest absolute Gasteiger partial charge is 0.262 e. The minimum Gasteiger partial charge on any atom is -0.496 e. The van der Waals surface area contributed by atoms with Crippen LogP contribution in [0.3, 0.4) is 0 Å². The molecule has 2 amide bonds. The van der Waals surface area contributed by atoms with Gasteiger partial charge in [-0.25, -0.2) is 0 Å². The number of pyridine rings is 1. The number of hydrogen-bond donors (Lipinski definition) is 2. The molecule has 0 aliphatic carbocycles. The van der Waals surface area contributed by atoms with Gasteiger partial charge in [0.25, 0.3) is 17.4 Å². The Morgan fingerprint density at radius 1 is 1.24 bits per heavy atom. The molecule has 0 aliphatic rings. The molecule has 0 atom stereocenters. The van der Waals surface area contributed by atoms with Crippen LogP contribution in [-0.2, 0) is 16.1 Å². The third-order valence-corrected chi connectivity index (χ3v) is 3.64. The van der Waals surface area contributed by atoms with E-state index in [2.05, 4.69) is 26.8 Å². The SMILES string of the molecule is COc1ccc(Br)cc1/C=C/C(=O)NNC(=O)Cn1ccccc1=O. The maximum absolute atomic E-state index is 11.8. The zero-order valence-electron chi connectivity index (χ0n) is 13.4. The number of hydrazine groups is 1. The predicted octanol–water partition coefficient (Wildman–Crippen LogP) is 1.48. The largest absolute Gasteiger partial charge is 0.496 e. The summed E-state index contributed by atoms with van der Waals surface area (Å²) in [5.41, 5.74) is 4.90. The van der Waals surface area contributed by atoms with E-state index in [9.17, 15) is 14.4 Å². The number of carbonyl (C=O) groups excluding carboxylic acids is 2. The Balaban J connectivity index is 1.90. The molecule has 1 aromatic heterocycles. The molecule has 0 spiro atoms. The van der Waals surface area contributed by atoms with E-state index in [0.29, 0.717) is 11.3 Å². The van der Waals surface area contributed by atoms with Gasteiger partial charge < -0.3 is 9.30 Å². The van der Waals surface area contributed by atoms with Gasteiger partial charge in [-0.15, -0.1) is 0 Å². The van der Waals surface area contributed by atoms with Crippen molar-refractivity contribution in [3.05, 3.63) is 69.1 Å². The molecule has 8 heteroatoms. The number of ether oxygens (including phenoxy) is 1. The molecule has 7 nitrogen and oxygen atoms in total. The molecule has 0 bridgehead atoms. The lowest BCUT2D eigenvalue weighted by Crippen LogP contribution is -2.43. The molecule has 1 heterocycles.